The molecule has 1 fully saturated rings. The molecule has 0 aromatic heterocycles. The molecule has 172 valence electrons. The average Bonchev–Trinajstić information content (AvgIpc) is 2.96. The second kappa shape index (κ2) is 9.79. The summed E-state index contributed by atoms with van der Waals surface area (Å²) in [5.41, 5.74) is 3.94. The van der Waals surface area contributed by atoms with Crippen molar-refractivity contribution in [2.45, 2.75) is 31.1 Å². The van der Waals surface area contributed by atoms with Gasteiger partial charge >= 0.3 is 0 Å². The van der Waals surface area contributed by atoms with Crippen molar-refractivity contribution >= 4 is 38.9 Å². The molecular formula is C23H29ClN4O3S. The Morgan fingerprint density at radius 2 is 1.84 bits per heavy atom. The summed E-state index contributed by atoms with van der Waals surface area (Å²) in [5, 5.41) is 3.58. The van der Waals surface area contributed by atoms with E-state index in [4.69, 9.17) is 11.6 Å². The number of amides is 1. The number of anilines is 2. The molecule has 0 saturated carbocycles. The van der Waals surface area contributed by atoms with Gasteiger partial charge in [0.25, 0.3) is 0 Å². The minimum absolute atomic E-state index is 0.0249. The molecule has 9 heteroatoms. The van der Waals surface area contributed by atoms with Gasteiger partial charge in [-0.15, -0.1) is 0 Å². The Balaban J connectivity index is 1.30. The van der Waals surface area contributed by atoms with E-state index in [0.29, 0.717) is 31.6 Å². The Kier molecular flexibility index (Phi) is 7.05. The van der Waals surface area contributed by atoms with E-state index in [1.54, 1.807) is 18.2 Å². The first-order valence-electron chi connectivity index (χ1n) is 11.0. The molecule has 32 heavy (non-hydrogen) atoms. The van der Waals surface area contributed by atoms with Gasteiger partial charge in [-0.25, -0.2) is 13.1 Å². The molecule has 2 N–H and O–H groups in total. The number of sulfonamides is 1. The van der Waals surface area contributed by atoms with E-state index in [1.807, 2.05) is 18.2 Å². The van der Waals surface area contributed by atoms with Gasteiger partial charge in [-0.05, 0) is 61.2 Å². The lowest BCUT2D eigenvalue weighted by molar-refractivity contribution is -0.116. The Bertz CT molecular complexity index is 1100. The summed E-state index contributed by atoms with van der Waals surface area (Å²) in [6.07, 6.45) is 1.86. The number of carbonyl (C=O) groups is 1. The molecule has 1 saturated heterocycles. The summed E-state index contributed by atoms with van der Waals surface area (Å²) in [4.78, 5) is 16.5. The highest BCUT2D eigenvalue weighted by molar-refractivity contribution is 7.89. The molecule has 0 bridgehead atoms. The number of aryl methyl sites for hydroxylation is 2. The number of benzene rings is 2. The van der Waals surface area contributed by atoms with E-state index < -0.39 is 10.0 Å². The molecule has 0 radical (unpaired) electrons. The molecule has 2 aromatic carbocycles. The highest BCUT2D eigenvalue weighted by Gasteiger charge is 2.21. The minimum atomic E-state index is -3.60. The Hall–Kier alpha value is -2.13. The second-order valence-electron chi connectivity index (χ2n) is 8.38. The summed E-state index contributed by atoms with van der Waals surface area (Å²) in [5.74, 6) is -0.0249. The van der Waals surface area contributed by atoms with Crippen molar-refractivity contribution in [1.29, 1.82) is 0 Å². The quantitative estimate of drug-likeness (QED) is 0.669. The lowest BCUT2D eigenvalue weighted by Gasteiger charge is -2.36. The van der Waals surface area contributed by atoms with Crippen molar-refractivity contribution in [2.75, 3.05) is 49.5 Å². The Morgan fingerprint density at radius 3 is 2.62 bits per heavy atom. The number of fused-ring (bicyclic) bond motifs is 1. The SMILES string of the molecule is Cc1ccc(Cl)cc1N1CCN(CCNS(=O)(=O)c2ccc3c(c2)CCCC(=O)N3)CC1. The van der Waals surface area contributed by atoms with Crippen molar-refractivity contribution in [3.05, 3.63) is 52.5 Å². The zero-order valence-electron chi connectivity index (χ0n) is 18.2. The number of rotatable bonds is 6. The topological polar surface area (TPSA) is 81.8 Å². The highest BCUT2D eigenvalue weighted by Crippen LogP contribution is 2.26. The van der Waals surface area contributed by atoms with Gasteiger partial charge in [0.05, 0.1) is 4.90 Å². The average molecular weight is 477 g/mol. The summed E-state index contributed by atoms with van der Waals surface area (Å²) in [6.45, 7) is 6.59. The fraction of sp³-hybridized carbons (Fsp3) is 0.435. The van der Waals surface area contributed by atoms with Crippen LogP contribution in [0.25, 0.3) is 0 Å². The van der Waals surface area contributed by atoms with E-state index in [1.165, 1.54) is 5.56 Å². The zero-order valence-corrected chi connectivity index (χ0v) is 19.8. The summed E-state index contributed by atoms with van der Waals surface area (Å²) in [7, 11) is -3.60. The number of carbonyl (C=O) groups excluding carboxylic acids is 1. The lowest BCUT2D eigenvalue weighted by atomic mass is 10.1. The predicted octanol–water partition coefficient (Wildman–Crippen LogP) is 3.02. The molecule has 2 aliphatic heterocycles. The van der Waals surface area contributed by atoms with Gasteiger partial charge in [0.15, 0.2) is 0 Å². The molecule has 7 nitrogen and oxygen atoms in total. The van der Waals surface area contributed by atoms with Crippen molar-refractivity contribution in [2.24, 2.45) is 0 Å². The van der Waals surface area contributed by atoms with Crippen LogP contribution in [0.1, 0.15) is 24.0 Å². The van der Waals surface area contributed by atoms with Crippen LogP contribution >= 0.6 is 11.6 Å². The molecule has 4 rings (SSSR count). The first-order valence-corrected chi connectivity index (χ1v) is 12.8. The van der Waals surface area contributed by atoms with Crippen LogP contribution in [0.2, 0.25) is 5.02 Å². The van der Waals surface area contributed by atoms with Crippen LogP contribution in [0, 0.1) is 6.92 Å². The van der Waals surface area contributed by atoms with Crippen LogP contribution in [0.3, 0.4) is 0 Å². The minimum Gasteiger partial charge on any atom is -0.369 e. The smallest absolute Gasteiger partial charge is 0.240 e. The van der Waals surface area contributed by atoms with Crippen molar-refractivity contribution < 1.29 is 13.2 Å². The van der Waals surface area contributed by atoms with Crippen LogP contribution in [-0.4, -0.2) is 58.5 Å². The molecular weight excluding hydrogens is 448 g/mol. The van der Waals surface area contributed by atoms with Gasteiger partial charge in [0.2, 0.25) is 15.9 Å². The van der Waals surface area contributed by atoms with E-state index in [9.17, 15) is 13.2 Å². The third-order valence-electron chi connectivity index (χ3n) is 6.12. The summed E-state index contributed by atoms with van der Waals surface area (Å²) in [6, 6.07) is 10.9. The molecule has 2 heterocycles. The van der Waals surface area contributed by atoms with Gasteiger partial charge in [0, 0.05) is 62.1 Å². The molecule has 2 aliphatic rings. The fourth-order valence-corrected chi connectivity index (χ4v) is 5.51. The molecule has 0 spiro atoms. The largest absolute Gasteiger partial charge is 0.369 e. The lowest BCUT2D eigenvalue weighted by Crippen LogP contribution is -2.48. The van der Waals surface area contributed by atoms with Gasteiger partial charge in [-0.3, -0.25) is 9.69 Å². The van der Waals surface area contributed by atoms with E-state index >= 15 is 0 Å². The predicted molar refractivity (Wildman–Crippen MR) is 128 cm³/mol. The third-order valence-corrected chi connectivity index (χ3v) is 7.81. The Labute approximate surface area is 194 Å². The van der Waals surface area contributed by atoms with Gasteiger partial charge < -0.3 is 10.2 Å². The molecule has 1 amide bonds. The Morgan fingerprint density at radius 1 is 1.06 bits per heavy atom. The van der Waals surface area contributed by atoms with E-state index in [-0.39, 0.29) is 10.8 Å². The van der Waals surface area contributed by atoms with Crippen LogP contribution < -0.4 is 14.9 Å². The monoisotopic (exact) mass is 476 g/mol. The summed E-state index contributed by atoms with van der Waals surface area (Å²) < 4.78 is 28.3. The highest BCUT2D eigenvalue weighted by atomic mass is 35.5. The van der Waals surface area contributed by atoms with Crippen LogP contribution in [-0.2, 0) is 21.2 Å². The fourth-order valence-electron chi connectivity index (χ4n) is 4.28. The first kappa shape index (κ1) is 23.0. The molecule has 2 aromatic rings. The third kappa shape index (κ3) is 5.43. The maximum atomic E-state index is 12.8. The maximum absolute atomic E-state index is 12.8. The molecule has 0 aliphatic carbocycles. The molecule has 0 unspecified atom stereocenters. The van der Waals surface area contributed by atoms with E-state index in [0.717, 1.165) is 48.9 Å². The number of hydrogen-bond acceptors (Lipinski definition) is 5. The zero-order chi connectivity index (χ0) is 22.7. The number of nitrogens with one attached hydrogen (secondary N) is 2. The molecule has 0 atom stereocenters. The van der Waals surface area contributed by atoms with Gasteiger partial charge in [-0.1, -0.05) is 17.7 Å². The standard InChI is InChI=1S/C23H29ClN4O3S/c1-17-5-6-19(24)16-22(17)28-13-11-27(12-14-28)10-9-25-32(30,31)20-7-8-21-18(15-20)3-2-4-23(29)26-21/h5-8,15-16,25H,2-4,9-14H2,1H3,(H,26,29). The van der Waals surface area contributed by atoms with Crippen molar-refractivity contribution in [3.8, 4) is 0 Å². The van der Waals surface area contributed by atoms with Crippen molar-refractivity contribution in [3.63, 3.8) is 0 Å². The van der Waals surface area contributed by atoms with Crippen molar-refractivity contribution in [1.82, 2.24) is 9.62 Å². The van der Waals surface area contributed by atoms with E-state index in [2.05, 4.69) is 26.8 Å². The normalized spacial score (nSPS) is 17.6. The summed E-state index contributed by atoms with van der Waals surface area (Å²) >= 11 is 6.16. The van der Waals surface area contributed by atoms with Crippen LogP contribution in [0.15, 0.2) is 41.3 Å². The van der Waals surface area contributed by atoms with Crippen LogP contribution in [0.5, 0.6) is 0 Å². The van der Waals surface area contributed by atoms with Gasteiger partial charge in [0.1, 0.15) is 0 Å². The second-order valence-corrected chi connectivity index (χ2v) is 10.6. The maximum Gasteiger partial charge on any atom is 0.240 e. The number of piperazine rings is 1. The van der Waals surface area contributed by atoms with Gasteiger partial charge in [-0.2, -0.15) is 0 Å². The number of nitrogens with zero attached hydrogens (tertiary/aromatic N) is 2. The van der Waals surface area contributed by atoms with Crippen LogP contribution in [0.4, 0.5) is 11.4 Å². The number of hydrogen-bond donors (Lipinski definition) is 2. The number of halogens is 1. The first-order chi connectivity index (χ1) is 15.3.